The van der Waals surface area contributed by atoms with Gasteiger partial charge in [-0.05, 0) is 43.3 Å². The van der Waals surface area contributed by atoms with Crippen LogP contribution in [-0.4, -0.2) is 32.0 Å². The van der Waals surface area contributed by atoms with E-state index in [2.05, 4.69) is 29.3 Å². The molecule has 0 saturated carbocycles. The second-order valence-electron chi connectivity index (χ2n) is 8.18. The van der Waals surface area contributed by atoms with Crippen LogP contribution in [-0.2, 0) is 0 Å². The van der Waals surface area contributed by atoms with Crippen molar-refractivity contribution < 1.29 is 14.2 Å². The highest BCUT2D eigenvalue weighted by molar-refractivity contribution is 6.06. The van der Waals surface area contributed by atoms with Gasteiger partial charge in [0.15, 0.2) is 11.5 Å². The molecule has 2 heterocycles. The van der Waals surface area contributed by atoms with Crippen LogP contribution in [0, 0.1) is 6.92 Å². The number of rotatable bonds is 6. The van der Waals surface area contributed by atoms with Crippen molar-refractivity contribution in [1.29, 1.82) is 0 Å². The zero-order valence-electron chi connectivity index (χ0n) is 19.8. The van der Waals surface area contributed by atoms with Gasteiger partial charge in [0, 0.05) is 28.6 Å². The standard InChI is InChI=1S/C28H27N3O3/c1-18-22(16-19-10-8-9-13-23(19)29-18)24-17-25(31(30-24)20-11-6-5-7-12-20)21-14-15-26(32-2)28(34-4)27(21)33-3/h5-16,25H,17H2,1-4H3. The molecule has 0 N–H and O–H groups in total. The second kappa shape index (κ2) is 9.06. The van der Waals surface area contributed by atoms with E-state index in [1.807, 2.05) is 55.5 Å². The van der Waals surface area contributed by atoms with Crippen molar-refractivity contribution in [2.24, 2.45) is 5.10 Å². The SMILES string of the molecule is COc1ccc(C2CC(c3cc4ccccc4nc3C)=NN2c2ccccc2)c(OC)c1OC. The Kier molecular flexibility index (Phi) is 5.80. The van der Waals surface area contributed by atoms with Crippen LogP contribution in [0.3, 0.4) is 0 Å². The van der Waals surface area contributed by atoms with Gasteiger partial charge in [0.1, 0.15) is 0 Å². The van der Waals surface area contributed by atoms with Crippen molar-refractivity contribution in [1.82, 2.24) is 4.98 Å². The highest BCUT2D eigenvalue weighted by Crippen LogP contribution is 2.47. The molecule has 1 unspecified atom stereocenters. The molecule has 0 aliphatic carbocycles. The lowest BCUT2D eigenvalue weighted by atomic mass is 9.95. The van der Waals surface area contributed by atoms with Crippen LogP contribution in [0.2, 0.25) is 0 Å². The number of fused-ring (bicyclic) bond motifs is 1. The van der Waals surface area contributed by atoms with Crippen LogP contribution < -0.4 is 19.2 Å². The van der Waals surface area contributed by atoms with Crippen molar-refractivity contribution in [2.45, 2.75) is 19.4 Å². The minimum absolute atomic E-state index is 0.0852. The minimum Gasteiger partial charge on any atom is -0.493 e. The third-order valence-electron chi connectivity index (χ3n) is 6.25. The lowest BCUT2D eigenvalue weighted by Crippen LogP contribution is -2.19. The molecule has 172 valence electrons. The zero-order valence-corrected chi connectivity index (χ0v) is 19.8. The summed E-state index contributed by atoms with van der Waals surface area (Å²) in [6.07, 6.45) is 0.696. The number of aryl methyl sites for hydroxylation is 1. The Hall–Kier alpha value is -4.06. The highest BCUT2D eigenvalue weighted by Gasteiger charge is 2.34. The molecule has 1 atom stereocenters. The number of benzene rings is 3. The van der Waals surface area contributed by atoms with E-state index < -0.39 is 0 Å². The van der Waals surface area contributed by atoms with Crippen LogP contribution in [0.1, 0.15) is 29.3 Å². The summed E-state index contributed by atoms with van der Waals surface area (Å²) < 4.78 is 17.0. The summed E-state index contributed by atoms with van der Waals surface area (Å²) in [6, 6.07) is 24.4. The van der Waals surface area contributed by atoms with E-state index in [4.69, 9.17) is 24.3 Å². The summed E-state index contributed by atoms with van der Waals surface area (Å²) in [5, 5.41) is 8.27. The third-order valence-corrected chi connectivity index (χ3v) is 6.25. The van der Waals surface area contributed by atoms with Gasteiger partial charge in [-0.15, -0.1) is 0 Å². The molecule has 0 saturated heterocycles. The number of ether oxygens (including phenoxy) is 3. The monoisotopic (exact) mass is 453 g/mol. The van der Waals surface area contributed by atoms with E-state index in [1.165, 1.54) is 0 Å². The Morgan fingerprint density at radius 2 is 1.56 bits per heavy atom. The number of hydrogen-bond acceptors (Lipinski definition) is 6. The van der Waals surface area contributed by atoms with Crippen LogP contribution in [0.25, 0.3) is 10.9 Å². The smallest absolute Gasteiger partial charge is 0.203 e. The van der Waals surface area contributed by atoms with Crippen LogP contribution >= 0.6 is 0 Å². The Balaban J connectivity index is 1.65. The first-order valence-electron chi connectivity index (χ1n) is 11.2. The third kappa shape index (κ3) is 3.71. The molecule has 1 aliphatic heterocycles. The van der Waals surface area contributed by atoms with Gasteiger partial charge < -0.3 is 14.2 Å². The minimum atomic E-state index is -0.0852. The maximum absolute atomic E-state index is 5.83. The first-order valence-corrected chi connectivity index (χ1v) is 11.2. The summed E-state index contributed by atoms with van der Waals surface area (Å²) in [4.78, 5) is 4.84. The van der Waals surface area contributed by atoms with Gasteiger partial charge in [-0.1, -0.05) is 36.4 Å². The van der Waals surface area contributed by atoms with Gasteiger partial charge in [-0.25, -0.2) is 0 Å². The van der Waals surface area contributed by atoms with Crippen molar-refractivity contribution in [3.63, 3.8) is 0 Å². The van der Waals surface area contributed by atoms with Crippen molar-refractivity contribution in [3.8, 4) is 17.2 Å². The van der Waals surface area contributed by atoms with E-state index in [0.717, 1.165) is 39.1 Å². The lowest BCUT2D eigenvalue weighted by molar-refractivity contribution is 0.321. The van der Waals surface area contributed by atoms with Crippen molar-refractivity contribution in [3.05, 3.63) is 89.6 Å². The molecule has 3 aromatic carbocycles. The predicted octanol–water partition coefficient (Wildman–Crippen LogP) is 5.92. The number of hydrazone groups is 1. The van der Waals surface area contributed by atoms with Crippen molar-refractivity contribution in [2.75, 3.05) is 26.3 Å². The van der Waals surface area contributed by atoms with Gasteiger partial charge in [0.2, 0.25) is 5.75 Å². The Bertz CT molecular complexity index is 1370. The number of hydrogen-bond donors (Lipinski definition) is 0. The van der Waals surface area contributed by atoms with Gasteiger partial charge >= 0.3 is 0 Å². The maximum Gasteiger partial charge on any atom is 0.203 e. The fraction of sp³-hybridized carbons (Fsp3) is 0.214. The average molecular weight is 454 g/mol. The molecule has 0 fully saturated rings. The Morgan fingerprint density at radius 1 is 0.824 bits per heavy atom. The second-order valence-corrected chi connectivity index (χ2v) is 8.18. The quantitative estimate of drug-likeness (QED) is 0.362. The predicted molar refractivity (Wildman–Crippen MR) is 135 cm³/mol. The molecule has 0 bridgehead atoms. The lowest BCUT2D eigenvalue weighted by Gasteiger charge is -2.26. The van der Waals surface area contributed by atoms with E-state index in [-0.39, 0.29) is 6.04 Å². The van der Waals surface area contributed by atoms with E-state index in [1.54, 1.807) is 21.3 Å². The fourth-order valence-corrected chi connectivity index (χ4v) is 4.63. The molecule has 6 nitrogen and oxygen atoms in total. The molecule has 1 aromatic heterocycles. The Morgan fingerprint density at radius 3 is 2.29 bits per heavy atom. The van der Waals surface area contributed by atoms with Gasteiger partial charge in [-0.2, -0.15) is 5.10 Å². The number of aromatic nitrogens is 1. The normalized spacial score (nSPS) is 15.4. The number of para-hydroxylation sites is 2. The number of anilines is 1. The molecule has 0 spiro atoms. The number of pyridine rings is 1. The topological polar surface area (TPSA) is 56.2 Å². The average Bonchev–Trinajstić information content (AvgIpc) is 3.32. The van der Waals surface area contributed by atoms with Crippen LogP contribution in [0.5, 0.6) is 17.2 Å². The largest absolute Gasteiger partial charge is 0.493 e. The van der Waals surface area contributed by atoms with Crippen molar-refractivity contribution >= 4 is 22.3 Å². The molecule has 1 aliphatic rings. The molecular weight excluding hydrogens is 426 g/mol. The van der Waals surface area contributed by atoms with E-state index in [9.17, 15) is 0 Å². The zero-order chi connectivity index (χ0) is 23.7. The maximum atomic E-state index is 5.83. The molecule has 5 rings (SSSR count). The van der Waals surface area contributed by atoms with Gasteiger partial charge in [0.25, 0.3) is 0 Å². The number of nitrogens with zero attached hydrogens (tertiary/aromatic N) is 3. The first-order chi connectivity index (χ1) is 16.6. The molecule has 4 aromatic rings. The van der Waals surface area contributed by atoms with E-state index in [0.29, 0.717) is 23.7 Å². The molecular formula is C28H27N3O3. The summed E-state index contributed by atoms with van der Waals surface area (Å²) in [5.74, 6) is 1.85. The summed E-state index contributed by atoms with van der Waals surface area (Å²) in [5.41, 5.74) is 5.98. The highest BCUT2D eigenvalue weighted by atomic mass is 16.5. The molecule has 0 radical (unpaired) electrons. The molecule has 34 heavy (non-hydrogen) atoms. The van der Waals surface area contributed by atoms with E-state index >= 15 is 0 Å². The molecule has 6 heteroatoms. The van der Waals surface area contributed by atoms with Gasteiger partial charge in [0.05, 0.1) is 44.3 Å². The summed E-state index contributed by atoms with van der Waals surface area (Å²) in [6.45, 7) is 2.04. The van der Waals surface area contributed by atoms with Gasteiger partial charge in [-0.3, -0.25) is 9.99 Å². The summed E-state index contributed by atoms with van der Waals surface area (Å²) in [7, 11) is 4.90. The summed E-state index contributed by atoms with van der Waals surface area (Å²) >= 11 is 0. The van der Waals surface area contributed by atoms with Crippen LogP contribution in [0.15, 0.2) is 77.9 Å². The fourth-order valence-electron chi connectivity index (χ4n) is 4.63. The number of methoxy groups -OCH3 is 3. The van der Waals surface area contributed by atoms with Crippen LogP contribution in [0.4, 0.5) is 5.69 Å². The molecule has 0 amide bonds. The first kappa shape index (κ1) is 21.8. The Labute approximate surface area is 199 Å².